The third kappa shape index (κ3) is 4.59. The quantitative estimate of drug-likeness (QED) is 0.210. The summed E-state index contributed by atoms with van der Waals surface area (Å²) in [5, 5.41) is 11.5. The minimum absolute atomic E-state index is 0.0306. The van der Waals surface area contributed by atoms with E-state index in [2.05, 4.69) is 9.72 Å². The molecule has 0 aliphatic carbocycles. The Morgan fingerprint density at radius 1 is 1.14 bits per heavy atom. The van der Waals surface area contributed by atoms with Crippen LogP contribution in [0.3, 0.4) is 0 Å². The maximum Gasteiger partial charge on any atom is 0.431 e. The van der Waals surface area contributed by atoms with Crippen LogP contribution in [0.4, 0.5) is 23.2 Å². The summed E-state index contributed by atoms with van der Waals surface area (Å²) in [5.74, 6) is -4.00. The molecule has 0 bridgehead atoms. The van der Waals surface area contributed by atoms with Gasteiger partial charge in [-0.25, -0.2) is 23.5 Å². The van der Waals surface area contributed by atoms with Crippen LogP contribution >= 0.6 is 0 Å². The van der Waals surface area contributed by atoms with Crippen LogP contribution < -0.4 is 20.7 Å². The van der Waals surface area contributed by atoms with E-state index in [0.29, 0.717) is 13.1 Å². The molecule has 0 amide bonds. The molecule has 2 heterocycles. The molecule has 190 valence electrons. The van der Waals surface area contributed by atoms with Crippen LogP contribution in [0.25, 0.3) is 5.69 Å². The van der Waals surface area contributed by atoms with E-state index in [0.717, 1.165) is 13.3 Å². The molecule has 0 saturated heterocycles. The minimum Gasteiger partial charge on any atom is -0.493 e. The zero-order valence-corrected chi connectivity index (χ0v) is 18.5. The van der Waals surface area contributed by atoms with Gasteiger partial charge in [0.1, 0.15) is 5.69 Å². The number of pyridine rings is 1. The summed E-state index contributed by atoms with van der Waals surface area (Å²) in [6.07, 6.45) is -3.94. The fourth-order valence-electron chi connectivity index (χ4n) is 3.09. The highest BCUT2D eigenvalue weighted by molar-refractivity contribution is 5.91. The summed E-state index contributed by atoms with van der Waals surface area (Å²) >= 11 is 0. The molecule has 0 radical (unpaired) electrons. The number of alkyl halides is 3. The van der Waals surface area contributed by atoms with E-state index in [9.17, 15) is 42.1 Å². The molecule has 36 heavy (non-hydrogen) atoms. The lowest BCUT2D eigenvalue weighted by Crippen LogP contribution is -2.41. The highest BCUT2D eigenvalue weighted by Gasteiger charge is 2.35. The Labute approximate surface area is 197 Å². The van der Waals surface area contributed by atoms with Crippen LogP contribution in [-0.4, -0.2) is 39.2 Å². The maximum absolute atomic E-state index is 14.8. The van der Waals surface area contributed by atoms with Crippen molar-refractivity contribution in [2.45, 2.75) is 6.18 Å². The van der Waals surface area contributed by atoms with E-state index < -0.39 is 68.4 Å². The fourth-order valence-corrected chi connectivity index (χ4v) is 3.09. The van der Waals surface area contributed by atoms with Gasteiger partial charge in [-0.15, -0.1) is 0 Å². The van der Waals surface area contributed by atoms with E-state index in [1.165, 1.54) is 13.2 Å². The van der Waals surface area contributed by atoms with Gasteiger partial charge in [0, 0.05) is 31.4 Å². The second-order valence-corrected chi connectivity index (χ2v) is 6.86. The number of nitro groups is 1. The SMILES string of the molecule is COC(=O)c1nccc(OC)c1Oc1cc(-n2c(=O)cc(C(F)(F)F)n(C)c2=O)c(F)cc1[N+](=O)[O-]. The van der Waals surface area contributed by atoms with Gasteiger partial charge >= 0.3 is 23.5 Å². The van der Waals surface area contributed by atoms with Gasteiger partial charge in [0.15, 0.2) is 17.3 Å². The van der Waals surface area contributed by atoms with Gasteiger partial charge in [-0.2, -0.15) is 13.2 Å². The number of ether oxygens (including phenoxy) is 3. The standard InChI is InChI=1S/C20H14F4N4O8/c1-26-14(20(22,23)24)8-15(29)27(19(26)31)10-7-13(11(28(32)33)6-9(10)21)36-17-12(34-2)4-5-25-16(17)18(30)35-3/h4-8H,1-3H3. The molecule has 0 aliphatic rings. The van der Waals surface area contributed by atoms with Crippen LogP contribution in [-0.2, 0) is 18.0 Å². The molecule has 1 aromatic carbocycles. The monoisotopic (exact) mass is 514 g/mol. The van der Waals surface area contributed by atoms with Crippen LogP contribution in [0.2, 0.25) is 0 Å². The van der Waals surface area contributed by atoms with E-state index >= 15 is 0 Å². The molecule has 0 N–H and O–H groups in total. The van der Waals surface area contributed by atoms with Crippen LogP contribution in [0.5, 0.6) is 17.2 Å². The Bertz CT molecular complexity index is 1500. The van der Waals surface area contributed by atoms with Crippen molar-refractivity contribution in [1.29, 1.82) is 0 Å². The summed E-state index contributed by atoms with van der Waals surface area (Å²) in [6.45, 7) is 0. The van der Waals surface area contributed by atoms with Crippen molar-refractivity contribution in [2.24, 2.45) is 7.05 Å². The van der Waals surface area contributed by atoms with Crippen molar-refractivity contribution in [3.63, 3.8) is 0 Å². The third-order valence-corrected chi connectivity index (χ3v) is 4.76. The maximum atomic E-state index is 14.8. The Hall–Kier alpha value is -4.76. The Morgan fingerprint density at radius 3 is 2.36 bits per heavy atom. The second-order valence-electron chi connectivity index (χ2n) is 6.86. The predicted molar refractivity (Wildman–Crippen MR) is 111 cm³/mol. The third-order valence-electron chi connectivity index (χ3n) is 4.76. The molecule has 16 heteroatoms. The zero-order valence-electron chi connectivity index (χ0n) is 18.5. The molecule has 0 unspecified atom stereocenters. The number of halogens is 4. The number of nitro benzene ring substituents is 1. The molecule has 0 aliphatic heterocycles. The Kier molecular flexibility index (Phi) is 6.80. The van der Waals surface area contributed by atoms with Gasteiger partial charge in [-0.1, -0.05) is 0 Å². The highest BCUT2D eigenvalue weighted by Crippen LogP contribution is 2.39. The highest BCUT2D eigenvalue weighted by atomic mass is 19.4. The van der Waals surface area contributed by atoms with Crippen molar-refractivity contribution < 1.29 is 41.5 Å². The van der Waals surface area contributed by atoms with Crippen molar-refractivity contribution in [3.05, 3.63) is 78.6 Å². The van der Waals surface area contributed by atoms with E-state index in [-0.39, 0.29) is 27.0 Å². The number of nitrogens with zero attached hydrogens (tertiary/aromatic N) is 4. The number of aromatic nitrogens is 3. The molecule has 0 atom stereocenters. The topological polar surface area (TPSA) is 145 Å². The molecule has 12 nitrogen and oxygen atoms in total. The van der Waals surface area contributed by atoms with Crippen LogP contribution in [0.1, 0.15) is 16.2 Å². The minimum atomic E-state index is -5.07. The van der Waals surface area contributed by atoms with Gasteiger partial charge in [0.05, 0.1) is 30.9 Å². The molecule has 0 fully saturated rings. The first-order valence-electron chi connectivity index (χ1n) is 9.49. The van der Waals surface area contributed by atoms with Gasteiger partial charge in [-0.05, 0) is 0 Å². The Morgan fingerprint density at radius 2 is 1.81 bits per heavy atom. The van der Waals surface area contributed by atoms with Crippen LogP contribution in [0.15, 0.2) is 40.1 Å². The van der Waals surface area contributed by atoms with Crippen molar-refractivity contribution in [2.75, 3.05) is 14.2 Å². The van der Waals surface area contributed by atoms with Crippen molar-refractivity contribution in [3.8, 4) is 22.9 Å². The van der Waals surface area contributed by atoms with Gasteiger partial charge in [0.25, 0.3) is 5.56 Å². The molecule has 3 rings (SSSR count). The average Bonchev–Trinajstić information content (AvgIpc) is 2.81. The molecular formula is C20H14F4N4O8. The van der Waals surface area contributed by atoms with Gasteiger partial charge in [-0.3, -0.25) is 19.5 Å². The van der Waals surface area contributed by atoms with E-state index in [1.54, 1.807) is 0 Å². The summed E-state index contributed by atoms with van der Waals surface area (Å²) in [7, 11) is 2.88. The summed E-state index contributed by atoms with van der Waals surface area (Å²) < 4.78 is 69.4. The largest absolute Gasteiger partial charge is 0.493 e. The fraction of sp³-hybridized carbons (Fsp3) is 0.200. The smallest absolute Gasteiger partial charge is 0.431 e. The van der Waals surface area contributed by atoms with E-state index in [1.807, 2.05) is 0 Å². The zero-order chi connectivity index (χ0) is 26.9. The number of carbonyl (C=O) groups excluding carboxylic acids is 1. The number of hydrogen-bond acceptors (Lipinski definition) is 9. The normalized spacial score (nSPS) is 11.2. The van der Waals surface area contributed by atoms with Crippen LogP contribution in [0, 0.1) is 15.9 Å². The first kappa shape index (κ1) is 25.9. The van der Waals surface area contributed by atoms with Crippen molar-refractivity contribution >= 4 is 11.7 Å². The summed E-state index contributed by atoms with van der Waals surface area (Å²) in [4.78, 5) is 51.3. The summed E-state index contributed by atoms with van der Waals surface area (Å²) in [5.41, 5.74) is -7.25. The molecule has 0 saturated carbocycles. The number of esters is 1. The molecule has 3 aromatic rings. The van der Waals surface area contributed by atoms with Gasteiger partial charge in [0.2, 0.25) is 11.5 Å². The van der Waals surface area contributed by atoms with Gasteiger partial charge < -0.3 is 14.2 Å². The first-order chi connectivity index (χ1) is 16.8. The first-order valence-corrected chi connectivity index (χ1v) is 9.49. The lowest BCUT2D eigenvalue weighted by molar-refractivity contribution is -0.385. The number of hydrogen-bond donors (Lipinski definition) is 0. The van der Waals surface area contributed by atoms with E-state index in [4.69, 9.17) is 9.47 Å². The molecule has 0 spiro atoms. The van der Waals surface area contributed by atoms with Crippen molar-refractivity contribution in [1.82, 2.24) is 14.1 Å². The Balaban J connectivity index is 2.32. The second kappa shape index (κ2) is 9.47. The number of methoxy groups -OCH3 is 2. The summed E-state index contributed by atoms with van der Waals surface area (Å²) in [6, 6.07) is 2.10. The lowest BCUT2D eigenvalue weighted by Gasteiger charge is -2.16. The number of benzene rings is 1. The number of rotatable bonds is 6. The lowest BCUT2D eigenvalue weighted by atomic mass is 10.2. The molecule has 2 aromatic heterocycles. The number of carbonyl (C=O) groups is 1. The average molecular weight is 514 g/mol. The predicted octanol–water partition coefficient (Wildman–Crippen LogP) is 2.58. The molecular weight excluding hydrogens is 500 g/mol.